The van der Waals surface area contributed by atoms with Crippen LogP contribution in [0.1, 0.15) is 45.4 Å². The van der Waals surface area contributed by atoms with Gasteiger partial charge in [-0.2, -0.15) is 0 Å². The van der Waals surface area contributed by atoms with Gasteiger partial charge in [-0.3, -0.25) is 19.3 Å². The lowest BCUT2D eigenvalue weighted by atomic mass is 9.80. The van der Waals surface area contributed by atoms with Crippen molar-refractivity contribution in [2.75, 3.05) is 26.4 Å². The molecule has 1 saturated heterocycles. The predicted molar refractivity (Wildman–Crippen MR) is 119 cm³/mol. The van der Waals surface area contributed by atoms with Gasteiger partial charge in [0.1, 0.15) is 6.04 Å². The van der Waals surface area contributed by atoms with E-state index < -0.39 is 17.3 Å². The van der Waals surface area contributed by atoms with Crippen molar-refractivity contribution in [2.24, 2.45) is 11.8 Å². The van der Waals surface area contributed by atoms with Crippen LogP contribution >= 0.6 is 11.8 Å². The van der Waals surface area contributed by atoms with Crippen molar-refractivity contribution in [1.29, 1.82) is 0 Å². The van der Waals surface area contributed by atoms with E-state index >= 15 is 0 Å². The Hall–Kier alpha value is -2.07. The molecule has 3 N–H and O–H groups in total. The third-order valence-corrected chi connectivity index (χ3v) is 7.45. The molecule has 174 valence electrons. The highest BCUT2D eigenvalue weighted by Crippen LogP contribution is 2.34. The third-order valence-electron chi connectivity index (χ3n) is 6.24. The highest BCUT2D eigenvalue weighted by atomic mass is 32.2. The van der Waals surface area contributed by atoms with Crippen molar-refractivity contribution in [3.63, 3.8) is 0 Å². The standard InChI is InChI=1S/C21H34N4O5S/c1-13(23-22-3)16-7-5-15(6-8-16)12-25-19(27)11-17(20(25)28)31-10-9-18(26)24(4)14(2)21(29)30/h14-17,22-23H,1,5-12H2,2-4H3,(H,29,30)/t14-,15?,16?,17?/m0/s1. The van der Waals surface area contributed by atoms with Crippen LogP contribution in [0.2, 0.25) is 0 Å². The van der Waals surface area contributed by atoms with Crippen LogP contribution in [-0.2, 0) is 19.2 Å². The summed E-state index contributed by atoms with van der Waals surface area (Å²) in [5, 5.41) is 8.54. The van der Waals surface area contributed by atoms with Gasteiger partial charge in [0, 0.05) is 44.9 Å². The van der Waals surface area contributed by atoms with E-state index in [0.717, 1.165) is 31.4 Å². The van der Waals surface area contributed by atoms with E-state index in [9.17, 15) is 19.2 Å². The lowest BCUT2D eigenvalue weighted by molar-refractivity contribution is -0.148. The lowest BCUT2D eigenvalue weighted by Crippen LogP contribution is -2.40. The summed E-state index contributed by atoms with van der Waals surface area (Å²) in [5.41, 5.74) is 6.91. The fourth-order valence-corrected chi connectivity index (χ4v) is 5.14. The van der Waals surface area contributed by atoms with Gasteiger partial charge in [0.15, 0.2) is 0 Å². The summed E-state index contributed by atoms with van der Waals surface area (Å²) in [6.45, 7) is 5.96. The fraction of sp³-hybridized carbons (Fsp3) is 0.714. The minimum atomic E-state index is -1.06. The Labute approximate surface area is 187 Å². The lowest BCUT2D eigenvalue weighted by Gasteiger charge is -2.31. The van der Waals surface area contributed by atoms with Crippen LogP contribution in [0.3, 0.4) is 0 Å². The van der Waals surface area contributed by atoms with Gasteiger partial charge >= 0.3 is 5.97 Å². The van der Waals surface area contributed by atoms with Crippen LogP contribution < -0.4 is 10.9 Å². The molecule has 9 nitrogen and oxygen atoms in total. The van der Waals surface area contributed by atoms with E-state index in [1.54, 1.807) is 7.05 Å². The highest BCUT2D eigenvalue weighted by molar-refractivity contribution is 8.00. The summed E-state index contributed by atoms with van der Waals surface area (Å²) in [5.74, 6) is -0.584. The molecule has 0 bridgehead atoms. The summed E-state index contributed by atoms with van der Waals surface area (Å²) < 4.78 is 0. The Morgan fingerprint density at radius 3 is 2.52 bits per heavy atom. The molecule has 2 atom stereocenters. The molecule has 0 spiro atoms. The quantitative estimate of drug-likeness (QED) is 0.315. The number of likely N-dealkylation sites (N-methyl/N-ethyl adjacent to an activating group) is 1. The molecule has 10 heteroatoms. The molecule has 2 fully saturated rings. The second kappa shape index (κ2) is 11.5. The number of rotatable bonds is 11. The van der Waals surface area contributed by atoms with Gasteiger partial charge in [0.25, 0.3) is 0 Å². The van der Waals surface area contributed by atoms with Gasteiger partial charge in [-0.15, -0.1) is 11.8 Å². The van der Waals surface area contributed by atoms with E-state index in [-0.39, 0.29) is 30.6 Å². The second-order valence-electron chi connectivity index (χ2n) is 8.29. The molecular formula is C21H34N4O5S. The highest BCUT2D eigenvalue weighted by Gasteiger charge is 2.40. The topological polar surface area (TPSA) is 119 Å². The normalized spacial score (nSPS) is 24.7. The molecule has 2 aliphatic rings. The number of carboxylic acid groups (broad SMARTS) is 1. The van der Waals surface area contributed by atoms with Crippen LogP contribution in [-0.4, -0.2) is 76.3 Å². The van der Waals surface area contributed by atoms with E-state index in [1.165, 1.54) is 35.5 Å². The first-order valence-corrected chi connectivity index (χ1v) is 11.8. The minimum absolute atomic E-state index is 0.130. The molecule has 1 saturated carbocycles. The summed E-state index contributed by atoms with van der Waals surface area (Å²) in [4.78, 5) is 50.8. The molecule has 1 heterocycles. The number of likely N-dealkylation sites (tertiary alicyclic amines) is 1. The Morgan fingerprint density at radius 1 is 1.29 bits per heavy atom. The maximum Gasteiger partial charge on any atom is 0.326 e. The van der Waals surface area contributed by atoms with E-state index in [1.807, 2.05) is 0 Å². The number of thioether (sulfide) groups is 1. The van der Waals surface area contributed by atoms with Crippen molar-refractivity contribution in [2.45, 2.75) is 56.7 Å². The number of carbonyl (C=O) groups is 4. The van der Waals surface area contributed by atoms with E-state index in [4.69, 9.17) is 5.11 Å². The summed E-state index contributed by atoms with van der Waals surface area (Å²) in [6.07, 6.45) is 4.16. The maximum atomic E-state index is 12.7. The summed E-state index contributed by atoms with van der Waals surface area (Å²) >= 11 is 1.30. The van der Waals surface area contributed by atoms with Crippen LogP contribution in [0.4, 0.5) is 0 Å². The number of amides is 3. The largest absolute Gasteiger partial charge is 0.480 e. The Bertz CT molecular complexity index is 708. The zero-order chi connectivity index (χ0) is 23.1. The third kappa shape index (κ3) is 6.70. The smallest absolute Gasteiger partial charge is 0.326 e. The number of allylic oxidation sites excluding steroid dienone is 1. The van der Waals surface area contributed by atoms with Crippen molar-refractivity contribution in [3.05, 3.63) is 12.3 Å². The number of nitrogens with one attached hydrogen (secondary N) is 2. The average molecular weight is 455 g/mol. The van der Waals surface area contributed by atoms with Gasteiger partial charge in [-0.05, 0) is 44.4 Å². The second-order valence-corrected chi connectivity index (χ2v) is 9.60. The van der Waals surface area contributed by atoms with Crippen LogP contribution in [0.5, 0.6) is 0 Å². The van der Waals surface area contributed by atoms with Crippen LogP contribution in [0.25, 0.3) is 0 Å². The van der Waals surface area contributed by atoms with Gasteiger partial charge in [-0.25, -0.2) is 10.2 Å². The van der Waals surface area contributed by atoms with Crippen LogP contribution in [0, 0.1) is 11.8 Å². The molecule has 1 aliphatic heterocycles. The molecule has 0 aromatic carbocycles. The molecule has 0 aromatic rings. The fourth-order valence-electron chi connectivity index (χ4n) is 4.04. The van der Waals surface area contributed by atoms with Gasteiger partial charge in [0.05, 0.1) is 5.25 Å². The average Bonchev–Trinajstić information content (AvgIpc) is 3.00. The SMILES string of the molecule is C=C(NNC)C1CCC(CN2C(=O)CC(SCCC(=O)N(C)[C@@H](C)C(=O)O)C2=O)CC1. The first-order valence-electron chi connectivity index (χ1n) is 10.7. The molecule has 2 rings (SSSR count). The molecular weight excluding hydrogens is 420 g/mol. The first-order chi connectivity index (χ1) is 14.6. The predicted octanol–water partition coefficient (Wildman–Crippen LogP) is 1.21. The molecule has 31 heavy (non-hydrogen) atoms. The summed E-state index contributed by atoms with van der Waals surface area (Å²) in [7, 11) is 3.26. The molecule has 1 aliphatic carbocycles. The van der Waals surface area contributed by atoms with E-state index in [0.29, 0.717) is 24.1 Å². The molecule has 3 amide bonds. The number of aliphatic carboxylic acids is 1. The number of imide groups is 1. The molecule has 1 unspecified atom stereocenters. The molecule has 0 aromatic heterocycles. The number of nitrogens with zero attached hydrogens (tertiary/aromatic N) is 2. The number of carboxylic acids is 1. The van der Waals surface area contributed by atoms with Crippen molar-refractivity contribution in [3.8, 4) is 0 Å². The van der Waals surface area contributed by atoms with Crippen LogP contribution in [0.15, 0.2) is 12.3 Å². The Balaban J connectivity index is 1.77. The van der Waals surface area contributed by atoms with Gasteiger partial charge < -0.3 is 15.4 Å². The molecule has 0 radical (unpaired) electrons. The van der Waals surface area contributed by atoms with Crippen molar-refractivity contribution < 1.29 is 24.3 Å². The first kappa shape index (κ1) is 25.2. The van der Waals surface area contributed by atoms with Crippen molar-refractivity contribution >= 4 is 35.5 Å². The number of hydrogen-bond acceptors (Lipinski definition) is 7. The Morgan fingerprint density at radius 2 is 1.94 bits per heavy atom. The van der Waals surface area contributed by atoms with E-state index in [2.05, 4.69) is 17.4 Å². The monoisotopic (exact) mass is 454 g/mol. The van der Waals surface area contributed by atoms with Crippen molar-refractivity contribution in [1.82, 2.24) is 20.7 Å². The van der Waals surface area contributed by atoms with Gasteiger partial charge in [0.2, 0.25) is 17.7 Å². The number of hydrazine groups is 1. The number of hydrogen-bond donors (Lipinski definition) is 3. The number of carbonyl (C=O) groups excluding carboxylic acids is 3. The summed E-state index contributed by atoms with van der Waals surface area (Å²) in [6, 6.07) is -0.899. The Kier molecular flexibility index (Phi) is 9.36. The minimum Gasteiger partial charge on any atom is -0.480 e. The maximum absolute atomic E-state index is 12.7. The zero-order valence-electron chi connectivity index (χ0n) is 18.6. The zero-order valence-corrected chi connectivity index (χ0v) is 19.4. The van der Waals surface area contributed by atoms with Gasteiger partial charge in [-0.1, -0.05) is 6.58 Å².